The molecule has 33 heavy (non-hydrogen) atoms. The van der Waals surface area contributed by atoms with E-state index >= 15 is 0 Å². The van der Waals surface area contributed by atoms with Gasteiger partial charge in [-0.3, -0.25) is 9.59 Å². The first kappa shape index (κ1) is 24.4. The molecule has 0 aliphatic carbocycles. The van der Waals surface area contributed by atoms with E-state index in [0.717, 1.165) is 30.4 Å². The summed E-state index contributed by atoms with van der Waals surface area (Å²) in [7, 11) is 0. The van der Waals surface area contributed by atoms with E-state index in [1.807, 2.05) is 0 Å². The van der Waals surface area contributed by atoms with Crippen LogP contribution in [0.2, 0.25) is 0 Å². The van der Waals surface area contributed by atoms with Crippen molar-refractivity contribution >= 4 is 17.8 Å². The first-order chi connectivity index (χ1) is 15.5. The Morgan fingerprint density at radius 1 is 1.18 bits per heavy atom. The Bertz CT molecular complexity index is 1070. The fraction of sp³-hybridized carbons (Fsp3) is 0.304. The van der Waals surface area contributed by atoms with Crippen LogP contribution in [0.25, 0.3) is 6.08 Å². The van der Waals surface area contributed by atoms with E-state index in [0.29, 0.717) is 6.07 Å². The quantitative estimate of drug-likeness (QED) is 0.355. The molecule has 1 aliphatic heterocycles. The number of hydrogen-bond acceptors (Lipinski definition) is 4. The zero-order valence-electron chi connectivity index (χ0n) is 17.5. The van der Waals surface area contributed by atoms with E-state index < -0.39 is 41.2 Å². The summed E-state index contributed by atoms with van der Waals surface area (Å²) in [4.78, 5) is 25.1. The third-order valence-corrected chi connectivity index (χ3v) is 4.93. The monoisotopic (exact) mass is 469 g/mol. The van der Waals surface area contributed by atoms with E-state index in [1.165, 1.54) is 24.0 Å². The second-order valence-electron chi connectivity index (χ2n) is 7.35. The largest absolute Gasteiger partial charge is 0.491 e. The SMILES string of the molecule is CC(=O)c1ccc(OCC2CN(C(=O)C=Cc3ccc(F)cc3C(F)(F)F)CCO2)cc1F. The van der Waals surface area contributed by atoms with Gasteiger partial charge < -0.3 is 14.4 Å². The van der Waals surface area contributed by atoms with Crippen molar-refractivity contribution in [1.29, 1.82) is 0 Å². The molecule has 1 saturated heterocycles. The minimum absolute atomic E-state index is 0.0114. The van der Waals surface area contributed by atoms with Gasteiger partial charge >= 0.3 is 6.18 Å². The topological polar surface area (TPSA) is 55.8 Å². The van der Waals surface area contributed by atoms with Gasteiger partial charge in [0.15, 0.2) is 5.78 Å². The predicted molar refractivity (Wildman–Crippen MR) is 109 cm³/mol. The lowest BCUT2D eigenvalue weighted by atomic mass is 10.1. The lowest BCUT2D eigenvalue weighted by Gasteiger charge is -2.32. The maximum Gasteiger partial charge on any atom is 0.417 e. The van der Waals surface area contributed by atoms with Gasteiger partial charge in [-0.05, 0) is 42.8 Å². The number of amides is 1. The van der Waals surface area contributed by atoms with Gasteiger partial charge in [-0.1, -0.05) is 6.07 Å². The molecular formula is C23H20F5NO4. The lowest BCUT2D eigenvalue weighted by Crippen LogP contribution is -2.47. The van der Waals surface area contributed by atoms with Gasteiger partial charge in [-0.25, -0.2) is 8.78 Å². The minimum atomic E-state index is -4.77. The van der Waals surface area contributed by atoms with Crippen molar-refractivity contribution in [2.24, 2.45) is 0 Å². The van der Waals surface area contributed by atoms with Crippen molar-refractivity contribution in [3.8, 4) is 5.75 Å². The van der Waals surface area contributed by atoms with Gasteiger partial charge in [0.05, 0.1) is 24.3 Å². The van der Waals surface area contributed by atoms with Gasteiger partial charge in [0.2, 0.25) is 5.91 Å². The average Bonchev–Trinajstić information content (AvgIpc) is 2.76. The third-order valence-electron chi connectivity index (χ3n) is 4.93. The molecule has 10 heteroatoms. The molecule has 0 bridgehead atoms. The number of nitrogens with zero attached hydrogens (tertiary/aromatic N) is 1. The first-order valence-electron chi connectivity index (χ1n) is 9.93. The lowest BCUT2D eigenvalue weighted by molar-refractivity contribution is -0.138. The first-order valence-corrected chi connectivity index (χ1v) is 9.93. The zero-order valence-corrected chi connectivity index (χ0v) is 17.5. The standard InChI is InChI=1S/C23H20F5NO4/c1-14(30)19-6-5-17(11-21(19)25)33-13-18-12-29(8-9-32-18)22(31)7-3-15-2-4-16(24)10-20(15)23(26,27)28/h2-7,10-11,18H,8-9,12-13H2,1H3. The highest BCUT2D eigenvalue weighted by Crippen LogP contribution is 2.33. The summed E-state index contributed by atoms with van der Waals surface area (Å²) >= 11 is 0. The smallest absolute Gasteiger partial charge is 0.417 e. The molecular weight excluding hydrogens is 449 g/mol. The molecule has 1 unspecified atom stereocenters. The number of ether oxygens (including phenoxy) is 2. The average molecular weight is 469 g/mol. The van der Waals surface area contributed by atoms with Crippen LogP contribution in [-0.4, -0.2) is 49.0 Å². The fourth-order valence-electron chi connectivity index (χ4n) is 3.27. The van der Waals surface area contributed by atoms with E-state index in [4.69, 9.17) is 9.47 Å². The molecule has 0 N–H and O–H groups in total. The van der Waals surface area contributed by atoms with Crippen LogP contribution < -0.4 is 4.74 Å². The highest BCUT2D eigenvalue weighted by molar-refractivity contribution is 5.94. The molecule has 0 spiro atoms. The molecule has 2 aromatic rings. The van der Waals surface area contributed by atoms with Gasteiger partial charge in [0.1, 0.15) is 30.1 Å². The van der Waals surface area contributed by atoms with Crippen LogP contribution in [0.15, 0.2) is 42.5 Å². The Hall–Kier alpha value is -3.27. The third kappa shape index (κ3) is 6.38. The minimum Gasteiger partial charge on any atom is -0.491 e. The number of benzene rings is 2. The van der Waals surface area contributed by atoms with Crippen LogP contribution in [0.3, 0.4) is 0 Å². The maximum atomic E-state index is 13.9. The Labute approximate surface area is 186 Å². The van der Waals surface area contributed by atoms with E-state index in [1.54, 1.807) is 0 Å². The molecule has 5 nitrogen and oxygen atoms in total. The highest BCUT2D eigenvalue weighted by Gasteiger charge is 2.33. The summed E-state index contributed by atoms with van der Waals surface area (Å²) in [5.41, 5.74) is -1.57. The predicted octanol–water partition coefficient (Wildman–Crippen LogP) is 4.51. The molecule has 1 heterocycles. The highest BCUT2D eigenvalue weighted by atomic mass is 19.4. The number of ketones is 1. The maximum absolute atomic E-state index is 13.9. The van der Waals surface area contributed by atoms with E-state index in [9.17, 15) is 31.5 Å². The Morgan fingerprint density at radius 2 is 1.94 bits per heavy atom. The second-order valence-corrected chi connectivity index (χ2v) is 7.35. The Morgan fingerprint density at radius 3 is 2.61 bits per heavy atom. The number of hydrogen-bond donors (Lipinski definition) is 0. The molecule has 1 aliphatic rings. The summed E-state index contributed by atoms with van der Waals surface area (Å²) in [6.45, 7) is 1.73. The van der Waals surface area contributed by atoms with Crippen molar-refractivity contribution in [2.75, 3.05) is 26.3 Å². The summed E-state index contributed by atoms with van der Waals surface area (Å²) in [6.07, 6.45) is -3.34. The van der Waals surface area contributed by atoms with Gasteiger partial charge in [0, 0.05) is 18.7 Å². The van der Waals surface area contributed by atoms with Crippen LogP contribution in [0, 0.1) is 11.6 Å². The van der Waals surface area contributed by atoms with Crippen LogP contribution in [0.1, 0.15) is 28.4 Å². The number of Topliss-reactive ketones (excluding diaryl/α,β-unsaturated/α-hetero) is 1. The van der Waals surface area contributed by atoms with Crippen molar-refractivity contribution in [3.05, 3.63) is 70.8 Å². The number of carbonyl (C=O) groups excluding carboxylic acids is 2. The molecule has 176 valence electrons. The van der Waals surface area contributed by atoms with Crippen molar-refractivity contribution in [3.63, 3.8) is 0 Å². The van der Waals surface area contributed by atoms with Crippen molar-refractivity contribution in [2.45, 2.75) is 19.2 Å². The number of halogens is 5. The van der Waals surface area contributed by atoms with E-state index in [2.05, 4.69) is 0 Å². The number of carbonyl (C=O) groups is 2. The van der Waals surface area contributed by atoms with Gasteiger partial charge in [-0.15, -0.1) is 0 Å². The summed E-state index contributed by atoms with van der Waals surface area (Å²) in [6, 6.07) is 6.03. The van der Waals surface area contributed by atoms with Gasteiger partial charge in [0.25, 0.3) is 0 Å². The van der Waals surface area contributed by atoms with Crippen LogP contribution in [0.5, 0.6) is 5.75 Å². The summed E-state index contributed by atoms with van der Waals surface area (Å²) in [5.74, 6) is -2.53. The molecule has 1 amide bonds. The number of alkyl halides is 3. The van der Waals surface area contributed by atoms with Crippen LogP contribution in [0.4, 0.5) is 22.0 Å². The molecule has 1 atom stereocenters. The van der Waals surface area contributed by atoms with Crippen LogP contribution >= 0.6 is 0 Å². The summed E-state index contributed by atoms with van der Waals surface area (Å²) in [5, 5.41) is 0. The summed E-state index contributed by atoms with van der Waals surface area (Å²) < 4.78 is 77.5. The Balaban J connectivity index is 1.61. The number of rotatable bonds is 6. The molecule has 0 saturated carbocycles. The number of morpholine rings is 1. The fourth-order valence-corrected chi connectivity index (χ4v) is 3.27. The normalized spacial score (nSPS) is 16.8. The zero-order chi connectivity index (χ0) is 24.2. The van der Waals surface area contributed by atoms with Crippen LogP contribution in [-0.2, 0) is 15.7 Å². The van der Waals surface area contributed by atoms with Crippen molar-refractivity contribution < 1.29 is 41.0 Å². The van der Waals surface area contributed by atoms with Crippen molar-refractivity contribution in [1.82, 2.24) is 4.90 Å². The molecule has 1 fully saturated rings. The molecule has 3 rings (SSSR count). The molecule has 0 aromatic heterocycles. The molecule has 0 radical (unpaired) electrons. The Kier molecular flexibility index (Phi) is 7.47. The second kappa shape index (κ2) is 10.1. The van der Waals surface area contributed by atoms with Gasteiger partial charge in [-0.2, -0.15) is 13.2 Å². The molecule has 2 aromatic carbocycles. The van der Waals surface area contributed by atoms with E-state index in [-0.39, 0.29) is 43.2 Å².